The molecule has 0 amide bonds. The Morgan fingerprint density at radius 2 is 2.18 bits per heavy atom. The number of halogens is 1. The molecule has 0 aromatic heterocycles. The van der Waals surface area contributed by atoms with E-state index >= 15 is 0 Å². The van der Waals surface area contributed by atoms with Gasteiger partial charge in [-0.25, -0.2) is 0 Å². The van der Waals surface area contributed by atoms with Gasteiger partial charge in [-0.2, -0.15) is 8.42 Å². The largest absolute Gasteiger partial charge is 0.392 e. The predicted octanol–water partition coefficient (Wildman–Crippen LogP) is -0.0476. The van der Waals surface area contributed by atoms with Crippen molar-refractivity contribution >= 4 is 21.7 Å². The van der Waals surface area contributed by atoms with Gasteiger partial charge in [0.2, 0.25) is 0 Å². The second kappa shape index (κ2) is 4.92. The van der Waals surface area contributed by atoms with Gasteiger partial charge in [-0.15, -0.1) is 11.6 Å². The first-order chi connectivity index (χ1) is 4.95. The third-order valence-electron chi connectivity index (χ3n) is 0.927. The summed E-state index contributed by atoms with van der Waals surface area (Å²) in [7, 11) is -3.38. The molecule has 1 atom stereocenters. The summed E-state index contributed by atoms with van der Waals surface area (Å²) in [5, 5.41) is 8.85. The average molecular weight is 203 g/mol. The van der Waals surface area contributed by atoms with E-state index in [9.17, 15) is 8.42 Å². The lowest BCUT2D eigenvalue weighted by Crippen LogP contribution is -2.13. The van der Waals surface area contributed by atoms with Crippen LogP contribution in [0.15, 0.2) is 0 Å². The summed E-state index contributed by atoms with van der Waals surface area (Å²) < 4.78 is 25.1. The van der Waals surface area contributed by atoms with E-state index in [1.165, 1.54) is 0 Å². The molecule has 68 valence electrons. The molecule has 0 aromatic carbocycles. The molecule has 0 aliphatic heterocycles. The third-order valence-corrected chi connectivity index (χ3v) is 1.88. The quantitative estimate of drug-likeness (QED) is 0.502. The van der Waals surface area contributed by atoms with Gasteiger partial charge in [0.15, 0.2) is 0 Å². The topological polar surface area (TPSA) is 63.6 Å². The van der Waals surface area contributed by atoms with Crippen molar-refractivity contribution in [1.29, 1.82) is 0 Å². The van der Waals surface area contributed by atoms with Crippen LogP contribution in [0.1, 0.15) is 6.42 Å². The van der Waals surface area contributed by atoms with Crippen molar-refractivity contribution < 1.29 is 17.7 Å². The zero-order valence-corrected chi connectivity index (χ0v) is 7.73. The second-order valence-corrected chi connectivity index (χ2v) is 4.08. The van der Waals surface area contributed by atoms with Gasteiger partial charge < -0.3 is 5.11 Å². The molecule has 4 nitrogen and oxygen atoms in total. The monoisotopic (exact) mass is 202 g/mol. The van der Waals surface area contributed by atoms with Crippen molar-refractivity contribution in [2.24, 2.45) is 0 Å². The van der Waals surface area contributed by atoms with Crippen LogP contribution >= 0.6 is 11.6 Å². The molecular formula is C5H11ClO4S. The fraction of sp³-hybridized carbons (Fsp3) is 1.00. The summed E-state index contributed by atoms with van der Waals surface area (Å²) >= 11 is 5.25. The minimum atomic E-state index is -3.38. The maximum Gasteiger partial charge on any atom is 0.264 e. The highest BCUT2D eigenvalue weighted by Gasteiger charge is 2.05. The molecule has 0 bridgehead atoms. The van der Waals surface area contributed by atoms with Crippen molar-refractivity contribution in [2.45, 2.75) is 12.5 Å². The lowest BCUT2D eigenvalue weighted by atomic mass is 10.3. The maximum atomic E-state index is 10.4. The van der Waals surface area contributed by atoms with Crippen LogP contribution in [0.2, 0.25) is 0 Å². The van der Waals surface area contributed by atoms with Crippen LogP contribution < -0.4 is 0 Å². The lowest BCUT2D eigenvalue weighted by Gasteiger charge is -2.04. The molecule has 0 spiro atoms. The fourth-order valence-corrected chi connectivity index (χ4v) is 0.966. The molecule has 0 saturated carbocycles. The average Bonchev–Trinajstić information content (AvgIpc) is 1.85. The molecule has 0 saturated heterocycles. The van der Waals surface area contributed by atoms with Crippen LogP contribution in [-0.2, 0) is 14.3 Å². The van der Waals surface area contributed by atoms with Crippen molar-refractivity contribution in [2.75, 3.05) is 18.7 Å². The summed E-state index contributed by atoms with van der Waals surface area (Å²) in [5.74, 6) is 0.0904. The van der Waals surface area contributed by atoms with Crippen molar-refractivity contribution in [3.8, 4) is 0 Å². The highest BCUT2D eigenvalue weighted by atomic mass is 35.5. The summed E-state index contributed by atoms with van der Waals surface area (Å²) in [5.41, 5.74) is 0. The number of aliphatic hydroxyl groups excluding tert-OH is 1. The molecule has 0 heterocycles. The number of rotatable bonds is 5. The van der Waals surface area contributed by atoms with Gasteiger partial charge >= 0.3 is 0 Å². The zero-order chi connectivity index (χ0) is 8.91. The molecule has 1 N–H and O–H groups in total. The van der Waals surface area contributed by atoms with Crippen LogP contribution in [-0.4, -0.2) is 38.4 Å². The van der Waals surface area contributed by atoms with E-state index in [-0.39, 0.29) is 18.9 Å². The van der Waals surface area contributed by atoms with Gasteiger partial charge in [0, 0.05) is 5.88 Å². The normalized spacial score (nSPS) is 14.8. The van der Waals surface area contributed by atoms with Crippen LogP contribution in [0.4, 0.5) is 0 Å². The predicted molar refractivity (Wildman–Crippen MR) is 42.1 cm³/mol. The first kappa shape index (κ1) is 11.2. The van der Waals surface area contributed by atoms with E-state index in [0.717, 1.165) is 6.26 Å². The number of aliphatic hydroxyl groups is 1. The highest BCUT2D eigenvalue weighted by molar-refractivity contribution is 7.85. The molecule has 1 unspecified atom stereocenters. The second-order valence-electron chi connectivity index (χ2n) is 2.12. The van der Waals surface area contributed by atoms with Gasteiger partial charge in [-0.1, -0.05) is 0 Å². The molecule has 0 aliphatic rings. The van der Waals surface area contributed by atoms with Gasteiger partial charge in [0.25, 0.3) is 10.1 Å². The van der Waals surface area contributed by atoms with E-state index in [1.807, 2.05) is 0 Å². The maximum absolute atomic E-state index is 10.4. The molecule has 11 heavy (non-hydrogen) atoms. The third kappa shape index (κ3) is 8.06. The molecule has 0 rings (SSSR count). The summed E-state index contributed by atoms with van der Waals surface area (Å²) in [6.45, 7) is -0.0211. The van der Waals surface area contributed by atoms with Crippen LogP contribution in [0.3, 0.4) is 0 Å². The Morgan fingerprint density at radius 3 is 2.55 bits per heavy atom. The fourth-order valence-electron chi connectivity index (χ4n) is 0.413. The summed E-state index contributed by atoms with van der Waals surface area (Å²) in [4.78, 5) is 0. The number of hydrogen-bond acceptors (Lipinski definition) is 4. The molecule has 0 fully saturated rings. The summed E-state index contributed by atoms with van der Waals surface area (Å²) in [6, 6.07) is 0. The van der Waals surface area contributed by atoms with Crippen LogP contribution in [0.25, 0.3) is 0 Å². The van der Waals surface area contributed by atoms with E-state index in [4.69, 9.17) is 16.7 Å². The van der Waals surface area contributed by atoms with Crippen LogP contribution in [0, 0.1) is 0 Å². The highest BCUT2D eigenvalue weighted by Crippen LogP contribution is 1.96. The molecule has 6 heteroatoms. The van der Waals surface area contributed by atoms with Gasteiger partial charge in [-0.3, -0.25) is 4.18 Å². The first-order valence-corrected chi connectivity index (χ1v) is 5.39. The Balaban J connectivity index is 3.43. The smallest absolute Gasteiger partial charge is 0.264 e. The van der Waals surface area contributed by atoms with Gasteiger partial charge in [0.1, 0.15) is 0 Å². The standard InChI is InChI=1S/C5H11ClO4S/c1-11(8,9)10-3-2-5(7)4-6/h5,7H,2-4H2,1H3. The Kier molecular flexibility index (Phi) is 4.99. The molecule has 0 aliphatic carbocycles. The Morgan fingerprint density at radius 1 is 1.64 bits per heavy atom. The van der Waals surface area contributed by atoms with Crippen LogP contribution in [0.5, 0.6) is 0 Å². The van der Waals surface area contributed by atoms with Gasteiger partial charge in [-0.05, 0) is 6.42 Å². The Labute approximate surface area is 71.2 Å². The lowest BCUT2D eigenvalue weighted by molar-refractivity contribution is 0.161. The molecular weight excluding hydrogens is 192 g/mol. The van der Waals surface area contributed by atoms with Crippen molar-refractivity contribution in [3.63, 3.8) is 0 Å². The van der Waals surface area contributed by atoms with E-state index in [2.05, 4.69) is 4.18 Å². The SMILES string of the molecule is CS(=O)(=O)OCCC(O)CCl. The first-order valence-electron chi connectivity index (χ1n) is 3.04. The zero-order valence-electron chi connectivity index (χ0n) is 6.16. The number of hydrogen-bond donors (Lipinski definition) is 1. The minimum absolute atomic E-state index is 0.0211. The Hall–Kier alpha value is 0.160. The van der Waals surface area contributed by atoms with Crippen molar-refractivity contribution in [3.05, 3.63) is 0 Å². The summed E-state index contributed by atoms with van der Waals surface area (Å²) in [6.07, 6.45) is 0.495. The van der Waals surface area contributed by atoms with Gasteiger partial charge in [0.05, 0.1) is 19.0 Å². The number of alkyl halides is 1. The van der Waals surface area contributed by atoms with E-state index in [0.29, 0.717) is 0 Å². The van der Waals surface area contributed by atoms with Crippen molar-refractivity contribution in [1.82, 2.24) is 0 Å². The Bertz CT molecular complexity index is 189. The minimum Gasteiger partial charge on any atom is -0.392 e. The molecule has 0 radical (unpaired) electrons. The molecule has 0 aromatic rings. The van der Waals surface area contributed by atoms with E-state index in [1.54, 1.807) is 0 Å². The van der Waals surface area contributed by atoms with E-state index < -0.39 is 16.2 Å².